The van der Waals surface area contributed by atoms with E-state index < -0.39 is 5.97 Å². The molecule has 2 aliphatic rings. The van der Waals surface area contributed by atoms with Gasteiger partial charge in [0.05, 0.1) is 12.7 Å². The van der Waals surface area contributed by atoms with Gasteiger partial charge in [0.1, 0.15) is 6.61 Å². The van der Waals surface area contributed by atoms with E-state index in [-0.39, 0.29) is 30.4 Å². The van der Waals surface area contributed by atoms with Crippen LogP contribution in [0.4, 0.5) is 4.79 Å². The van der Waals surface area contributed by atoms with Crippen LogP contribution in [0.3, 0.4) is 0 Å². The minimum absolute atomic E-state index is 0.0808. The number of likely N-dealkylation sites (tertiary alicyclic amines) is 2. The van der Waals surface area contributed by atoms with Gasteiger partial charge in [0.15, 0.2) is 0 Å². The van der Waals surface area contributed by atoms with E-state index in [9.17, 15) is 14.4 Å². The minimum Gasteiger partial charge on any atom is -0.465 e. The van der Waals surface area contributed by atoms with Gasteiger partial charge >= 0.3 is 12.1 Å². The van der Waals surface area contributed by atoms with Crippen molar-refractivity contribution >= 4 is 41.2 Å². The summed E-state index contributed by atoms with van der Waals surface area (Å²) in [5, 5.41) is 0.980. The Labute approximate surface area is 195 Å². The Hall–Kier alpha value is -2.77. The third kappa shape index (κ3) is 4.84. The summed E-state index contributed by atoms with van der Waals surface area (Å²) in [6, 6.07) is 11.5. The Morgan fingerprint density at radius 2 is 1.41 bits per heavy atom. The standard InChI is InChI=1S/C23H22Cl2N2O5/c1-31-22(29)16-4-2-15(3-5-16)21(28)26-9-17-11-27(12-18(17)10-26)23(30)32-13-14-6-19(24)8-20(25)7-14/h2-8,17-18H,9-13H2,1H3. The van der Waals surface area contributed by atoms with Crippen molar-refractivity contribution in [1.82, 2.24) is 9.80 Å². The van der Waals surface area contributed by atoms with Crippen LogP contribution in [0.15, 0.2) is 42.5 Å². The number of amides is 2. The van der Waals surface area contributed by atoms with E-state index in [1.807, 2.05) is 0 Å². The maximum atomic E-state index is 12.8. The van der Waals surface area contributed by atoms with Gasteiger partial charge in [-0.2, -0.15) is 0 Å². The molecule has 2 fully saturated rings. The van der Waals surface area contributed by atoms with Crippen LogP contribution < -0.4 is 0 Å². The SMILES string of the molecule is COC(=O)c1ccc(C(=O)N2CC3CN(C(=O)OCc4cc(Cl)cc(Cl)c4)CC3C2)cc1. The molecule has 0 aromatic heterocycles. The number of rotatable bonds is 4. The first kappa shape index (κ1) is 22.4. The van der Waals surface area contributed by atoms with Crippen molar-refractivity contribution in [2.45, 2.75) is 6.61 Å². The van der Waals surface area contributed by atoms with E-state index in [4.69, 9.17) is 27.9 Å². The molecule has 2 saturated heterocycles. The van der Waals surface area contributed by atoms with Crippen LogP contribution in [-0.2, 0) is 16.1 Å². The molecule has 2 aliphatic heterocycles. The smallest absolute Gasteiger partial charge is 0.410 e. The van der Waals surface area contributed by atoms with Crippen molar-refractivity contribution < 1.29 is 23.9 Å². The average molecular weight is 477 g/mol. The second-order valence-corrected chi connectivity index (χ2v) is 8.91. The number of fused-ring (bicyclic) bond motifs is 1. The highest BCUT2D eigenvalue weighted by Crippen LogP contribution is 2.32. The van der Waals surface area contributed by atoms with Gasteiger partial charge in [0.2, 0.25) is 0 Å². The van der Waals surface area contributed by atoms with Gasteiger partial charge in [0.25, 0.3) is 5.91 Å². The quantitative estimate of drug-likeness (QED) is 0.620. The normalized spacial score (nSPS) is 19.6. The molecule has 0 bridgehead atoms. The van der Waals surface area contributed by atoms with E-state index >= 15 is 0 Å². The van der Waals surface area contributed by atoms with Gasteiger partial charge in [-0.1, -0.05) is 23.2 Å². The third-order valence-corrected chi connectivity index (χ3v) is 6.31. The lowest BCUT2D eigenvalue weighted by molar-refractivity contribution is 0.0599. The third-order valence-electron chi connectivity index (χ3n) is 5.87. The molecule has 7 nitrogen and oxygen atoms in total. The van der Waals surface area contributed by atoms with Crippen molar-refractivity contribution in [2.75, 3.05) is 33.3 Å². The highest BCUT2D eigenvalue weighted by Gasteiger charge is 2.43. The second kappa shape index (κ2) is 9.38. The number of carbonyl (C=O) groups excluding carboxylic acids is 3. The molecule has 0 saturated carbocycles. The largest absolute Gasteiger partial charge is 0.465 e. The summed E-state index contributed by atoms with van der Waals surface area (Å²) < 4.78 is 10.1. The molecule has 0 aliphatic carbocycles. The fourth-order valence-corrected chi connectivity index (χ4v) is 4.86. The molecular weight excluding hydrogens is 455 g/mol. The number of hydrogen-bond donors (Lipinski definition) is 0. The van der Waals surface area contributed by atoms with Gasteiger partial charge in [-0.25, -0.2) is 9.59 Å². The van der Waals surface area contributed by atoms with Gasteiger partial charge < -0.3 is 19.3 Å². The molecule has 32 heavy (non-hydrogen) atoms. The molecule has 2 heterocycles. The van der Waals surface area contributed by atoms with Crippen LogP contribution in [0.5, 0.6) is 0 Å². The van der Waals surface area contributed by atoms with Crippen LogP contribution in [0.1, 0.15) is 26.3 Å². The van der Waals surface area contributed by atoms with Crippen molar-refractivity contribution in [2.24, 2.45) is 11.8 Å². The Balaban J connectivity index is 1.29. The molecule has 2 amide bonds. The van der Waals surface area contributed by atoms with Crippen molar-refractivity contribution in [1.29, 1.82) is 0 Å². The Morgan fingerprint density at radius 1 is 0.875 bits per heavy atom. The summed E-state index contributed by atoms with van der Waals surface area (Å²) in [5.41, 5.74) is 1.65. The Bertz CT molecular complexity index is 1010. The van der Waals surface area contributed by atoms with E-state index in [0.717, 1.165) is 5.56 Å². The molecule has 2 unspecified atom stereocenters. The highest BCUT2D eigenvalue weighted by atomic mass is 35.5. The van der Waals surface area contributed by atoms with E-state index in [0.29, 0.717) is 47.4 Å². The van der Waals surface area contributed by atoms with Crippen LogP contribution >= 0.6 is 23.2 Å². The first-order valence-electron chi connectivity index (χ1n) is 10.2. The number of benzene rings is 2. The lowest BCUT2D eigenvalue weighted by Gasteiger charge is -2.21. The maximum absolute atomic E-state index is 12.8. The highest BCUT2D eigenvalue weighted by molar-refractivity contribution is 6.34. The number of methoxy groups -OCH3 is 1. The zero-order valence-electron chi connectivity index (χ0n) is 17.4. The number of carbonyl (C=O) groups is 3. The summed E-state index contributed by atoms with van der Waals surface area (Å²) in [7, 11) is 1.32. The van der Waals surface area contributed by atoms with E-state index in [1.165, 1.54) is 7.11 Å². The molecule has 9 heteroatoms. The van der Waals surface area contributed by atoms with Crippen molar-refractivity contribution in [3.8, 4) is 0 Å². The summed E-state index contributed by atoms with van der Waals surface area (Å²) in [6.07, 6.45) is -0.383. The molecule has 168 valence electrons. The zero-order valence-corrected chi connectivity index (χ0v) is 18.9. The second-order valence-electron chi connectivity index (χ2n) is 8.04. The van der Waals surface area contributed by atoms with E-state index in [1.54, 1.807) is 52.3 Å². The number of ether oxygens (including phenoxy) is 2. The lowest BCUT2D eigenvalue weighted by Crippen LogP contribution is -2.35. The average Bonchev–Trinajstić information content (AvgIpc) is 3.35. The molecule has 2 atom stereocenters. The molecule has 2 aromatic rings. The van der Waals surface area contributed by atoms with Crippen molar-refractivity contribution in [3.05, 3.63) is 69.2 Å². The van der Waals surface area contributed by atoms with Crippen molar-refractivity contribution in [3.63, 3.8) is 0 Å². The zero-order chi connectivity index (χ0) is 22.8. The van der Waals surface area contributed by atoms with Crippen LogP contribution in [0, 0.1) is 11.8 Å². The van der Waals surface area contributed by atoms with Gasteiger partial charge in [-0.3, -0.25) is 4.79 Å². The fraction of sp³-hybridized carbons (Fsp3) is 0.348. The molecular formula is C23H22Cl2N2O5. The number of esters is 1. The fourth-order valence-electron chi connectivity index (χ4n) is 4.29. The van der Waals surface area contributed by atoms with Gasteiger partial charge in [0, 0.05) is 53.6 Å². The lowest BCUT2D eigenvalue weighted by atomic mass is 10.0. The molecule has 0 spiro atoms. The number of hydrogen-bond acceptors (Lipinski definition) is 5. The number of halogens is 2. The van der Waals surface area contributed by atoms with Crippen LogP contribution in [0.25, 0.3) is 0 Å². The summed E-state index contributed by atoms with van der Waals surface area (Å²) in [5.74, 6) is -0.101. The summed E-state index contributed by atoms with van der Waals surface area (Å²) >= 11 is 12.0. The summed E-state index contributed by atoms with van der Waals surface area (Å²) in [4.78, 5) is 40.4. The minimum atomic E-state index is -0.440. The first-order chi connectivity index (χ1) is 15.3. The van der Waals surface area contributed by atoms with Gasteiger partial charge in [-0.05, 0) is 48.0 Å². The Morgan fingerprint density at radius 3 is 1.97 bits per heavy atom. The molecule has 0 radical (unpaired) electrons. The molecule has 4 rings (SSSR count). The van der Waals surface area contributed by atoms with E-state index in [2.05, 4.69) is 4.74 Å². The maximum Gasteiger partial charge on any atom is 0.410 e. The summed E-state index contributed by atoms with van der Waals surface area (Å²) in [6.45, 7) is 2.35. The monoisotopic (exact) mass is 476 g/mol. The predicted octanol–water partition coefficient (Wildman–Crippen LogP) is 4.12. The van der Waals surface area contributed by atoms with Gasteiger partial charge in [-0.15, -0.1) is 0 Å². The number of nitrogens with zero attached hydrogens (tertiary/aromatic N) is 2. The van der Waals surface area contributed by atoms with Crippen LogP contribution in [-0.4, -0.2) is 61.1 Å². The topological polar surface area (TPSA) is 76.2 Å². The predicted molar refractivity (Wildman–Crippen MR) is 119 cm³/mol. The Kier molecular flexibility index (Phi) is 6.58. The van der Waals surface area contributed by atoms with Crippen LogP contribution in [0.2, 0.25) is 10.0 Å². The molecule has 2 aromatic carbocycles. The first-order valence-corrected chi connectivity index (χ1v) is 10.9. The molecule has 0 N–H and O–H groups in total.